The van der Waals surface area contributed by atoms with E-state index in [0.717, 1.165) is 86.5 Å². The average Bonchev–Trinajstić information content (AvgIpc) is 1.60. The number of hydrogen-bond donors (Lipinski definition) is 8. The Kier molecular flexibility index (Phi) is 30.8. The van der Waals surface area contributed by atoms with Crippen LogP contribution >= 0.6 is 0 Å². The van der Waals surface area contributed by atoms with Gasteiger partial charge in [0, 0.05) is 50.2 Å². The number of benzene rings is 8. The quantitative estimate of drug-likeness (QED) is 0.0329. The number of ether oxygens (including phenoxy) is 4. The average molecular weight is 2060 g/mol. The Morgan fingerprint density at radius 1 is 0.361 bits per heavy atom. The van der Waals surface area contributed by atoms with Crippen molar-refractivity contribution in [1.82, 2.24) is 57.4 Å². The van der Waals surface area contributed by atoms with Crippen LogP contribution in [0.3, 0.4) is 0 Å². The molecule has 0 spiro atoms. The molecule has 8 N–H and O–H groups in total. The number of halogens is 24. The Labute approximate surface area is 788 Å². The monoisotopic (exact) mass is 2060 g/mol. The van der Waals surface area contributed by atoms with Crippen LogP contribution in [0, 0.1) is 69.8 Å². The van der Waals surface area contributed by atoms with Gasteiger partial charge in [0.05, 0.1) is 53.7 Å². The summed E-state index contributed by atoms with van der Waals surface area (Å²) in [5.41, 5.74) is -13.0. The number of nitrogens with one attached hydrogen (secondary N) is 4. The van der Waals surface area contributed by atoms with E-state index in [2.05, 4.69) is 20.4 Å². The predicted octanol–water partition coefficient (Wildman–Crippen LogP) is 14.0. The maximum absolute atomic E-state index is 15.1. The standard InChI is InChI=1S/2C22H18F6N4O4.C22H16F6N4O4.C22H18F6N4O4/c1-10(22(26,27)28)36-17-9-15(32-21(35)31-7-3-6-16(33)19(31)30-32)14(25)8-11(17)20(34)29-18-12(23)4-2-5-13(18)24;2*1-10(22(26,27)28)36-17-8-16(32-21(35)31-9-11(33)5-6-18(31)30-32)15(25)7-12(17)20(34)29-19-13(23)3-2-4-14(19)24;1-10(22(26,27)28)36-17-9-16(32-21(35)31-6-5-11(33)7-18(31)30-32)15(25)8-12(17)20(34)29-19-13(23)3-2-4-14(19)24/h2,4-5,8-10,16,33H,3,6-7H2,1H3,(H,29,34);2-4,7-8,10-11,33H,5-6,9H2,1H3,(H,29,34);2-8,10-11,33H,9H2,1H3,(H,29,34);2-4,8-11,33H,5-7H2,1H3,(H,29,34)/t10-,16?;3*10-,11?/m0000/s1. The zero-order valence-corrected chi connectivity index (χ0v) is 73.5. The molecule has 4 amide bonds. The maximum Gasteiger partial charge on any atom is 0.425 e. The lowest BCUT2D eigenvalue weighted by Gasteiger charge is -2.20. The minimum Gasteiger partial charge on any atom is -0.480 e. The molecule has 0 saturated heterocycles. The number of carbonyl (C=O) groups is 4. The van der Waals surface area contributed by atoms with Gasteiger partial charge in [-0.3, -0.25) is 37.4 Å². The first-order chi connectivity index (χ1) is 67.5. The van der Waals surface area contributed by atoms with Crippen molar-refractivity contribution >= 4 is 52.5 Å². The molecule has 4 aliphatic rings. The third kappa shape index (κ3) is 23.1. The van der Waals surface area contributed by atoms with Crippen LogP contribution in [0.1, 0.15) is 124 Å². The Morgan fingerprint density at radius 3 is 1.00 bits per heavy atom. The van der Waals surface area contributed by atoms with E-state index in [-0.39, 0.29) is 68.7 Å². The van der Waals surface area contributed by atoms with Crippen molar-refractivity contribution in [2.45, 2.75) is 166 Å². The van der Waals surface area contributed by atoms with Crippen LogP contribution in [0.4, 0.5) is 128 Å². The highest BCUT2D eigenvalue weighted by Gasteiger charge is 2.44. The van der Waals surface area contributed by atoms with Crippen molar-refractivity contribution in [3.63, 3.8) is 0 Å². The van der Waals surface area contributed by atoms with Crippen molar-refractivity contribution in [2.75, 3.05) is 21.3 Å². The van der Waals surface area contributed by atoms with E-state index in [1.165, 1.54) is 16.7 Å². The van der Waals surface area contributed by atoms with Crippen LogP contribution in [-0.2, 0) is 39.0 Å². The number of fused-ring (bicyclic) bond motifs is 4. The Morgan fingerprint density at radius 2 is 0.667 bits per heavy atom. The minimum absolute atomic E-state index is 0.00693. The van der Waals surface area contributed by atoms with Gasteiger partial charge in [-0.05, 0) is 132 Å². The molecule has 8 aromatic carbocycles. The fraction of sp³-hybridized carbons (Fsp3) is 0.295. The summed E-state index contributed by atoms with van der Waals surface area (Å²) in [5.74, 6) is -23.0. The van der Waals surface area contributed by atoms with Gasteiger partial charge in [0.25, 0.3) is 23.6 Å². The molecule has 8 heterocycles. The molecule has 144 heavy (non-hydrogen) atoms. The molecule has 0 saturated carbocycles. The van der Waals surface area contributed by atoms with Crippen molar-refractivity contribution in [3.05, 3.63) is 285 Å². The summed E-state index contributed by atoms with van der Waals surface area (Å²) >= 11 is 0. The third-order valence-corrected chi connectivity index (χ3v) is 21.8. The lowest BCUT2D eigenvalue weighted by Crippen LogP contribution is -2.33. The van der Waals surface area contributed by atoms with Crippen LogP contribution in [0.25, 0.3) is 28.8 Å². The fourth-order valence-electron chi connectivity index (χ4n) is 14.2. The molecular weight excluding hydrogens is 1990 g/mol. The summed E-state index contributed by atoms with van der Waals surface area (Å²) in [6, 6.07) is 15.2. The van der Waals surface area contributed by atoms with E-state index in [9.17, 15) is 147 Å². The Bertz CT molecular complexity index is 7050. The summed E-state index contributed by atoms with van der Waals surface area (Å²) in [6.45, 7) is 2.45. The third-order valence-electron chi connectivity index (χ3n) is 21.8. The fourth-order valence-corrected chi connectivity index (χ4v) is 14.2. The lowest BCUT2D eigenvalue weighted by molar-refractivity contribution is -0.189. The normalized spacial score (nSPS) is 16.3. The highest BCUT2D eigenvalue weighted by molar-refractivity contribution is 6.09. The van der Waals surface area contributed by atoms with Crippen LogP contribution < -0.4 is 63.0 Å². The lowest BCUT2D eigenvalue weighted by atomic mass is 10.1. The molecule has 56 heteroatoms. The van der Waals surface area contributed by atoms with Crippen molar-refractivity contribution in [3.8, 4) is 45.7 Å². The first-order valence-corrected chi connectivity index (χ1v) is 42.0. The molecular formula is C88H70F24N16O16. The smallest absolute Gasteiger partial charge is 0.425 e. The van der Waals surface area contributed by atoms with Crippen LogP contribution in [0.5, 0.6) is 23.0 Å². The molecule has 4 aromatic heterocycles. The molecule has 16 rings (SSSR count). The van der Waals surface area contributed by atoms with E-state index in [4.69, 9.17) is 18.9 Å². The Balaban J connectivity index is 0.000000161. The van der Waals surface area contributed by atoms with Gasteiger partial charge in [-0.2, -0.15) is 71.4 Å². The largest absolute Gasteiger partial charge is 0.480 e. The number of amides is 4. The number of aliphatic hydroxyl groups excluding tert-OH is 4. The molecule has 0 fully saturated rings. The van der Waals surface area contributed by atoms with Gasteiger partial charge >= 0.3 is 47.5 Å². The maximum atomic E-state index is 15.1. The molecule has 0 bridgehead atoms. The van der Waals surface area contributed by atoms with Gasteiger partial charge < -0.3 is 60.6 Å². The number of anilines is 4. The molecule has 0 radical (unpaired) electrons. The molecule has 4 unspecified atom stereocenters. The van der Waals surface area contributed by atoms with E-state index in [0.29, 0.717) is 114 Å². The zero-order chi connectivity index (χ0) is 105. The molecule has 32 nitrogen and oxygen atoms in total. The van der Waals surface area contributed by atoms with Gasteiger partial charge in [-0.25, -0.2) is 71.9 Å². The number of rotatable bonds is 20. The SMILES string of the molecule is C[C@H](Oc1cc(-n2nc3n(c2=O)CC(O)C=C3)c(F)cc1C(=O)Nc1c(F)cccc1F)C(F)(F)F.C[C@H](Oc1cc(-n2nc3n(c2=O)CC(O)CC3)c(F)cc1C(=O)Nc1c(F)cccc1F)C(F)(F)F.C[C@H](Oc1cc(-n2nc3n(c2=O)CCC(O)C3)c(F)cc1C(=O)Nc1c(F)cccc1F)C(F)(F)F.C[C@H](Oc1cc(-n2nc3n(c2=O)CCCC3O)c(F)cc1C(=O)Nc1c(F)cccc1F)C(F)(F)F. The number of carbonyl (C=O) groups excluding carboxylic acids is 4. The highest BCUT2D eigenvalue weighted by Crippen LogP contribution is 2.40. The van der Waals surface area contributed by atoms with E-state index in [1.54, 1.807) is 0 Å². The molecule has 8 atom stereocenters. The number of nitrogens with zero attached hydrogens (tertiary/aromatic N) is 12. The van der Waals surface area contributed by atoms with Crippen LogP contribution in [0.15, 0.2) is 147 Å². The van der Waals surface area contributed by atoms with Crippen molar-refractivity contribution < 1.29 is 164 Å². The Hall–Kier alpha value is -15.5. The van der Waals surface area contributed by atoms with Gasteiger partial charge in [-0.15, -0.1) is 20.4 Å². The molecule has 12 aromatic rings. The summed E-state index contributed by atoms with van der Waals surface area (Å²) in [5, 5.41) is 62.5. The van der Waals surface area contributed by atoms with Crippen molar-refractivity contribution in [2.24, 2.45) is 0 Å². The van der Waals surface area contributed by atoms with Gasteiger partial charge in [0.15, 0.2) is 36.1 Å². The summed E-state index contributed by atoms with van der Waals surface area (Å²) < 4.78 is 356. The van der Waals surface area contributed by atoms with Crippen LogP contribution in [-0.4, -0.2) is 169 Å². The summed E-state index contributed by atoms with van der Waals surface area (Å²) in [4.78, 5) is 102. The molecule has 4 aliphatic heterocycles. The molecule has 0 aliphatic carbocycles. The predicted molar refractivity (Wildman–Crippen MR) is 451 cm³/mol. The number of hydrogen-bond acceptors (Lipinski definition) is 20. The summed E-state index contributed by atoms with van der Waals surface area (Å²) in [6.07, 6.45) is -29.2. The number of aliphatic hydroxyl groups is 4. The number of aromatic nitrogens is 12. The second-order valence-electron chi connectivity index (χ2n) is 31.9. The first-order valence-electron chi connectivity index (χ1n) is 42.0. The zero-order valence-electron chi connectivity index (χ0n) is 73.5. The number of para-hydroxylation sites is 4. The number of alkyl halides is 12. The highest BCUT2D eigenvalue weighted by atomic mass is 19.4. The van der Waals surface area contributed by atoms with Crippen LogP contribution in [0.2, 0.25) is 0 Å². The van der Waals surface area contributed by atoms with Gasteiger partial charge in [0.1, 0.15) is 156 Å². The van der Waals surface area contributed by atoms with E-state index < -0.39 is 280 Å². The van der Waals surface area contributed by atoms with Crippen molar-refractivity contribution in [1.29, 1.82) is 0 Å². The first kappa shape index (κ1) is 106. The molecule has 766 valence electrons. The van der Waals surface area contributed by atoms with Gasteiger partial charge in [0.2, 0.25) is 0 Å². The van der Waals surface area contributed by atoms with Gasteiger partial charge in [-0.1, -0.05) is 30.3 Å². The van der Waals surface area contributed by atoms with E-state index >= 15 is 17.6 Å². The second kappa shape index (κ2) is 42.0. The topological polar surface area (TPSA) is 394 Å². The second-order valence-corrected chi connectivity index (χ2v) is 31.9. The van der Waals surface area contributed by atoms with E-state index in [1.807, 2.05) is 21.3 Å². The summed E-state index contributed by atoms with van der Waals surface area (Å²) in [7, 11) is 0. The minimum atomic E-state index is -4.90. The number of aryl methyl sites for hydroxylation is 1.